The van der Waals surface area contributed by atoms with Crippen LogP contribution in [0.2, 0.25) is 0 Å². The van der Waals surface area contributed by atoms with E-state index >= 15 is 0 Å². The van der Waals surface area contributed by atoms with Gasteiger partial charge in [0.1, 0.15) is 11.5 Å². The predicted octanol–water partition coefficient (Wildman–Crippen LogP) is 2.83. The molecule has 0 bridgehead atoms. The van der Waals surface area contributed by atoms with E-state index in [2.05, 4.69) is 47.2 Å². The molecule has 2 aromatic carbocycles. The Balaban J connectivity index is 1.49. The van der Waals surface area contributed by atoms with Gasteiger partial charge in [0.25, 0.3) is 5.91 Å². The first-order valence-corrected chi connectivity index (χ1v) is 11.7. The van der Waals surface area contributed by atoms with Gasteiger partial charge in [-0.15, -0.1) is 0 Å². The van der Waals surface area contributed by atoms with Crippen LogP contribution in [0.5, 0.6) is 0 Å². The normalized spacial score (nSPS) is 15.4. The fraction of sp³-hybridized carbons (Fsp3) is 0.385. The van der Waals surface area contributed by atoms with E-state index in [-0.39, 0.29) is 29.9 Å². The number of H-pyrrole nitrogens is 1. The van der Waals surface area contributed by atoms with Crippen molar-refractivity contribution in [3.8, 4) is 0 Å². The van der Waals surface area contributed by atoms with Crippen molar-refractivity contribution in [1.29, 1.82) is 0 Å². The fourth-order valence-corrected chi connectivity index (χ4v) is 4.61. The number of quaternary nitrogens is 1. The van der Waals surface area contributed by atoms with Crippen molar-refractivity contribution >= 4 is 34.2 Å². The van der Waals surface area contributed by atoms with Gasteiger partial charge >= 0.3 is 5.97 Å². The maximum atomic E-state index is 13.9. The van der Waals surface area contributed by atoms with E-state index in [4.69, 9.17) is 4.74 Å². The van der Waals surface area contributed by atoms with E-state index in [1.807, 2.05) is 6.92 Å². The lowest BCUT2D eigenvalue weighted by atomic mass is 10.1. The lowest BCUT2D eigenvalue weighted by Crippen LogP contribution is -3.19. The van der Waals surface area contributed by atoms with E-state index in [0.29, 0.717) is 10.9 Å². The Kier molecular flexibility index (Phi) is 6.88. The second kappa shape index (κ2) is 9.85. The smallest absolute Gasteiger partial charge is 0.356 e. The maximum Gasteiger partial charge on any atom is 0.356 e. The average Bonchev–Trinajstić information content (AvgIpc) is 3.18. The van der Waals surface area contributed by atoms with Crippen molar-refractivity contribution < 1.29 is 23.6 Å². The van der Waals surface area contributed by atoms with Crippen molar-refractivity contribution in [2.24, 2.45) is 0 Å². The fourth-order valence-electron chi connectivity index (χ4n) is 4.61. The lowest BCUT2D eigenvalue weighted by molar-refractivity contribution is -0.914. The molecule has 180 valence electrons. The number of aromatic amines is 1. The summed E-state index contributed by atoms with van der Waals surface area (Å²) >= 11 is 0. The van der Waals surface area contributed by atoms with Gasteiger partial charge in [0, 0.05) is 16.6 Å². The molecule has 4 rings (SSSR count). The highest BCUT2D eigenvalue weighted by atomic mass is 19.1. The predicted molar refractivity (Wildman–Crippen MR) is 131 cm³/mol. The highest BCUT2D eigenvalue weighted by molar-refractivity contribution is 6.11. The van der Waals surface area contributed by atoms with Crippen LogP contribution in [0.15, 0.2) is 36.4 Å². The Hall–Kier alpha value is -3.39. The Morgan fingerprint density at radius 1 is 1.21 bits per heavy atom. The third-order valence-electron chi connectivity index (χ3n) is 6.82. The van der Waals surface area contributed by atoms with Gasteiger partial charge in [-0.1, -0.05) is 12.1 Å². The van der Waals surface area contributed by atoms with Gasteiger partial charge < -0.3 is 24.8 Å². The van der Waals surface area contributed by atoms with Crippen LogP contribution in [0.4, 0.5) is 15.8 Å². The Morgan fingerprint density at radius 2 is 1.94 bits per heavy atom. The summed E-state index contributed by atoms with van der Waals surface area (Å²) < 4.78 is 19.1. The zero-order valence-electron chi connectivity index (χ0n) is 20.1. The number of carbonyl (C=O) groups is 2. The van der Waals surface area contributed by atoms with Gasteiger partial charge in [0.2, 0.25) is 0 Å². The molecule has 3 N–H and O–H groups in total. The first-order valence-electron chi connectivity index (χ1n) is 11.7. The minimum absolute atomic E-state index is 0.123. The topological polar surface area (TPSA) is 78.9 Å². The molecule has 1 saturated heterocycles. The molecule has 1 aromatic heterocycles. The number of nitrogens with zero attached hydrogens (tertiary/aromatic N) is 1. The number of amides is 1. The summed E-state index contributed by atoms with van der Waals surface area (Å²) in [6.07, 6.45) is 0. The molecule has 0 saturated carbocycles. The summed E-state index contributed by atoms with van der Waals surface area (Å²) in [6.45, 7) is 11.4. The minimum atomic E-state index is -0.587. The molecule has 1 aliphatic heterocycles. The Labute approximate surface area is 198 Å². The van der Waals surface area contributed by atoms with Crippen LogP contribution in [0.25, 0.3) is 10.9 Å². The molecule has 0 spiro atoms. The largest absolute Gasteiger partial charge is 0.461 e. The van der Waals surface area contributed by atoms with Gasteiger partial charge in [0.15, 0.2) is 6.04 Å². The lowest BCUT2D eigenvalue weighted by Gasteiger charge is -2.36. The molecule has 0 unspecified atom stereocenters. The van der Waals surface area contributed by atoms with E-state index in [9.17, 15) is 14.0 Å². The number of nitrogens with one attached hydrogen (secondary N) is 3. The summed E-state index contributed by atoms with van der Waals surface area (Å²) in [7, 11) is 0. The summed E-state index contributed by atoms with van der Waals surface area (Å²) in [5.74, 6) is -1.25. The molecule has 34 heavy (non-hydrogen) atoms. The zero-order valence-corrected chi connectivity index (χ0v) is 20.1. The number of anilines is 2. The van der Waals surface area contributed by atoms with Crippen LogP contribution in [-0.4, -0.2) is 55.7 Å². The molecule has 1 fully saturated rings. The quantitative estimate of drug-likeness (QED) is 0.487. The number of esters is 1. The standard InChI is InChI=1S/C26H31FN4O3/c1-5-34-26(33)24-23(20-15-19(27)9-10-21(20)28-24)29-25(32)18(4)30-11-13-31(14-12-30)22-8-6-7-16(2)17(22)3/h6-10,15,18,28H,5,11-14H2,1-4H3,(H,29,32)/p+1/t18-/m1/s1. The molecule has 2 heterocycles. The molecule has 1 atom stereocenters. The molecule has 1 aliphatic rings. The average molecular weight is 468 g/mol. The number of hydrogen-bond donors (Lipinski definition) is 3. The first kappa shape index (κ1) is 23.8. The highest BCUT2D eigenvalue weighted by Gasteiger charge is 2.31. The number of aromatic nitrogens is 1. The number of rotatable bonds is 6. The monoisotopic (exact) mass is 467 g/mol. The van der Waals surface area contributed by atoms with Gasteiger partial charge in [-0.05, 0) is 63.1 Å². The Morgan fingerprint density at radius 3 is 2.65 bits per heavy atom. The number of fused-ring (bicyclic) bond motifs is 1. The SMILES string of the molecule is CCOC(=O)c1[nH]c2ccc(F)cc2c1NC(=O)[C@@H](C)[NH+]1CCN(c2cccc(C)c2C)CC1. The molecule has 0 aliphatic carbocycles. The van der Waals surface area contributed by atoms with Crippen LogP contribution < -0.4 is 15.1 Å². The summed E-state index contributed by atoms with van der Waals surface area (Å²) in [6, 6.07) is 10.2. The number of hydrogen-bond acceptors (Lipinski definition) is 4. The molecule has 3 aromatic rings. The Bertz CT molecular complexity index is 1210. The van der Waals surface area contributed by atoms with Crippen LogP contribution in [0.1, 0.15) is 35.5 Å². The van der Waals surface area contributed by atoms with Crippen molar-refractivity contribution in [1.82, 2.24) is 4.98 Å². The minimum Gasteiger partial charge on any atom is -0.461 e. The van der Waals surface area contributed by atoms with Crippen molar-refractivity contribution in [2.75, 3.05) is 43.0 Å². The second-order valence-electron chi connectivity index (χ2n) is 8.86. The molecule has 1 amide bonds. The summed E-state index contributed by atoms with van der Waals surface area (Å²) in [5, 5.41) is 3.33. The third-order valence-corrected chi connectivity index (χ3v) is 6.82. The number of piperazine rings is 1. The number of benzene rings is 2. The molecule has 8 heteroatoms. The molecular formula is C26H32FN4O3+. The van der Waals surface area contributed by atoms with Crippen LogP contribution >= 0.6 is 0 Å². The first-order chi connectivity index (χ1) is 16.3. The molecular weight excluding hydrogens is 435 g/mol. The van der Waals surface area contributed by atoms with Crippen LogP contribution in [0, 0.1) is 19.7 Å². The summed E-state index contributed by atoms with van der Waals surface area (Å²) in [4.78, 5) is 32.2. The van der Waals surface area contributed by atoms with Gasteiger partial charge in [-0.25, -0.2) is 9.18 Å². The molecule has 0 radical (unpaired) electrons. The number of halogens is 1. The van der Waals surface area contributed by atoms with Gasteiger partial charge in [-0.3, -0.25) is 4.79 Å². The maximum absolute atomic E-state index is 13.9. The van der Waals surface area contributed by atoms with Gasteiger partial charge in [-0.2, -0.15) is 0 Å². The van der Waals surface area contributed by atoms with E-state index < -0.39 is 11.8 Å². The highest BCUT2D eigenvalue weighted by Crippen LogP contribution is 2.29. The van der Waals surface area contributed by atoms with E-state index in [1.54, 1.807) is 13.0 Å². The van der Waals surface area contributed by atoms with Gasteiger partial charge in [0.05, 0.1) is 38.5 Å². The second-order valence-corrected chi connectivity index (χ2v) is 8.86. The van der Waals surface area contributed by atoms with Crippen molar-refractivity contribution in [3.63, 3.8) is 0 Å². The molecule has 7 nitrogen and oxygen atoms in total. The van der Waals surface area contributed by atoms with Crippen molar-refractivity contribution in [2.45, 2.75) is 33.7 Å². The number of aryl methyl sites for hydroxylation is 1. The van der Waals surface area contributed by atoms with E-state index in [0.717, 1.165) is 26.2 Å². The zero-order chi connectivity index (χ0) is 24.4. The van der Waals surface area contributed by atoms with E-state index in [1.165, 1.54) is 33.8 Å². The third kappa shape index (κ3) is 4.63. The number of ether oxygens (including phenoxy) is 1. The van der Waals surface area contributed by atoms with Crippen LogP contribution in [0.3, 0.4) is 0 Å². The van der Waals surface area contributed by atoms with Crippen molar-refractivity contribution in [3.05, 3.63) is 59.0 Å². The number of carbonyl (C=O) groups excluding carboxylic acids is 2. The summed E-state index contributed by atoms with van der Waals surface area (Å²) in [5.41, 5.74) is 4.75. The van der Waals surface area contributed by atoms with Crippen LogP contribution in [-0.2, 0) is 9.53 Å².